The zero-order chi connectivity index (χ0) is 14.3. The van der Waals surface area contributed by atoms with Crippen LogP contribution in [0.1, 0.15) is 25.8 Å². The Kier molecular flexibility index (Phi) is 5.99. The van der Waals surface area contributed by atoms with Gasteiger partial charge in [0.2, 0.25) is 5.60 Å². The molecule has 0 N–H and O–H groups in total. The summed E-state index contributed by atoms with van der Waals surface area (Å²) in [5, 5.41) is -0.857. The van der Waals surface area contributed by atoms with E-state index in [0.29, 0.717) is 0 Å². The SMILES string of the molecule is CCOC(=O)C(CC)(OCc1ccccc1)C(=O)Cl. The quantitative estimate of drug-likeness (QED) is 0.439. The topological polar surface area (TPSA) is 52.6 Å². The van der Waals surface area contributed by atoms with Gasteiger partial charge in [-0.25, -0.2) is 4.79 Å². The van der Waals surface area contributed by atoms with E-state index in [1.54, 1.807) is 13.8 Å². The fourth-order valence-corrected chi connectivity index (χ4v) is 1.88. The number of rotatable bonds is 7. The first-order chi connectivity index (χ1) is 9.06. The molecule has 1 aromatic carbocycles. The third-order valence-corrected chi connectivity index (χ3v) is 3.05. The van der Waals surface area contributed by atoms with Gasteiger partial charge in [-0.1, -0.05) is 37.3 Å². The van der Waals surface area contributed by atoms with Crippen LogP contribution in [-0.2, 0) is 25.7 Å². The van der Waals surface area contributed by atoms with Crippen molar-refractivity contribution in [1.82, 2.24) is 0 Å². The number of hydrogen-bond acceptors (Lipinski definition) is 4. The molecule has 0 amide bonds. The second-order valence-electron chi connectivity index (χ2n) is 3.95. The lowest BCUT2D eigenvalue weighted by atomic mass is 10.0. The van der Waals surface area contributed by atoms with Gasteiger partial charge in [-0.2, -0.15) is 0 Å². The lowest BCUT2D eigenvalue weighted by molar-refractivity contribution is -0.176. The normalized spacial score (nSPS) is 13.6. The Bertz CT molecular complexity index is 432. The van der Waals surface area contributed by atoms with E-state index in [4.69, 9.17) is 21.1 Å². The number of halogens is 1. The van der Waals surface area contributed by atoms with Crippen LogP contribution in [0.3, 0.4) is 0 Å². The third-order valence-electron chi connectivity index (χ3n) is 2.75. The number of carbonyl (C=O) groups is 2. The fraction of sp³-hybridized carbons (Fsp3) is 0.429. The molecule has 0 fully saturated rings. The van der Waals surface area contributed by atoms with E-state index in [9.17, 15) is 9.59 Å². The summed E-state index contributed by atoms with van der Waals surface area (Å²) in [5.74, 6) is -0.742. The maximum Gasteiger partial charge on any atom is 0.347 e. The van der Waals surface area contributed by atoms with Gasteiger partial charge in [0.15, 0.2) is 0 Å². The monoisotopic (exact) mass is 284 g/mol. The molecule has 1 atom stereocenters. The molecule has 19 heavy (non-hydrogen) atoms. The molecule has 0 saturated heterocycles. The standard InChI is InChI=1S/C14H17ClO4/c1-3-14(12(15)16,13(17)18-4-2)19-10-11-8-6-5-7-9-11/h5-9H,3-4,10H2,1-2H3. The highest BCUT2D eigenvalue weighted by Crippen LogP contribution is 2.23. The van der Waals surface area contributed by atoms with Crippen LogP contribution in [0.5, 0.6) is 0 Å². The van der Waals surface area contributed by atoms with Crippen LogP contribution >= 0.6 is 11.6 Å². The largest absolute Gasteiger partial charge is 0.463 e. The van der Waals surface area contributed by atoms with Gasteiger partial charge < -0.3 is 9.47 Å². The summed E-state index contributed by atoms with van der Waals surface area (Å²) in [6.45, 7) is 3.60. The lowest BCUT2D eigenvalue weighted by Crippen LogP contribution is -2.47. The Morgan fingerprint density at radius 1 is 1.21 bits per heavy atom. The molecule has 0 saturated carbocycles. The highest BCUT2D eigenvalue weighted by Gasteiger charge is 2.46. The van der Waals surface area contributed by atoms with Gasteiger partial charge in [-0.15, -0.1) is 0 Å². The summed E-state index contributed by atoms with van der Waals surface area (Å²) < 4.78 is 10.4. The van der Waals surface area contributed by atoms with Gasteiger partial charge in [0.05, 0.1) is 13.2 Å². The number of benzene rings is 1. The molecule has 5 heteroatoms. The fourth-order valence-electron chi connectivity index (χ4n) is 1.61. The predicted molar refractivity (Wildman–Crippen MR) is 71.7 cm³/mol. The molecule has 0 aliphatic heterocycles. The van der Waals surface area contributed by atoms with Crippen molar-refractivity contribution >= 4 is 22.8 Å². The van der Waals surface area contributed by atoms with Gasteiger partial charge in [0.25, 0.3) is 5.24 Å². The van der Waals surface area contributed by atoms with Gasteiger partial charge >= 0.3 is 5.97 Å². The summed E-state index contributed by atoms with van der Waals surface area (Å²) in [6.07, 6.45) is 0.126. The number of esters is 1. The van der Waals surface area contributed by atoms with Gasteiger partial charge in [-0.3, -0.25) is 4.79 Å². The molecule has 1 rings (SSSR count). The second kappa shape index (κ2) is 7.26. The summed E-state index contributed by atoms with van der Waals surface area (Å²) >= 11 is 5.53. The minimum atomic E-state index is -1.73. The van der Waals surface area contributed by atoms with Crippen molar-refractivity contribution in [2.45, 2.75) is 32.5 Å². The van der Waals surface area contributed by atoms with Crippen molar-refractivity contribution in [3.05, 3.63) is 35.9 Å². The van der Waals surface area contributed by atoms with Crippen molar-refractivity contribution in [2.75, 3.05) is 6.61 Å². The van der Waals surface area contributed by atoms with Gasteiger partial charge in [-0.05, 0) is 30.5 Å². The first kappa shape index (κ1) is 15.7. The molecule has 0 bridgehead atoms. The third kappa shape index (κ3) is 3.78. The lowest BCUT2D eigenvalue weighted by Gasteiger charge is -2.26. The van der Waals surface area contributed by atoms with Gasteiger partial charge in [0, 0.05) is 0 Å². The molecule has 0 radical (unpaired) electrons. The molecular weight excluding hydrogens is 268 g/mol. The van der Waals surface area contributed by atoms with Crippen molar-refractivity contribution in [3.63, 3.8) is 0 Å². The van der Waals surface area contributed by atoms with Crippen molar-refractivity contribution in [1.29, 1.82) is 0 Å². The first-order valence-electron chi connectivity index (χ1n) is 6.11. The van der Waals surface area contributed by atoms with Crippen molar-refractivity contribution < 1.29 is 19.1 Å². The van der Waals surface area contributed by atoms with E-state index in [2.05, 4.69) is 0 Å². The molecule has 104 valence electrons. The van der Waals surface area contributed by atoms with Crippen LogP contribution in [0.25, 0.3) is 0 Å². The molecule has 0 spiro atoms. The average molecular weight is 285 g/mol. The van der Waals surface area contributed by atoms with Crippen LogP contribution in [-0.4, -0.2) is 23.4 Å². The van der Waals surface area contributed by atoms with Crippen LogP contribution in [0.15, 0.2) is 30.3 Å². The summed E-state index contributed by atoms with van der Waals surface area (Å²) in [5.41, 5.74) is -0.879. The Morgan fingerprint density at radius 2 is 1.84 bits per heavy atom. The van der Waals surface area contributed by atoms with E-state index in [1.165, 1.54) is 0 Å². The Labute approximate surface area is 117 Å². The number of hydrogen-bond donors (Lipinski definition) is 0. The van der Waals surface area contributed by atoms with Gasteiger partial charge in [0.1, 0.15) is 0 Å². The summed E-state index contributed by atoms with van der Waals surface area (Å²) in [4.78, 5) is 23.5. The van der Waals surface area contributed by atoms with Crippen molar-refractivity contribution in [3.8, 4) is 0 Å². The first-order valence-corrected chi connectivity index (χ1v) is 6.49. The Hall–Kier alpha value is -1.39. The number of carbonyl (C=O) groups excluding carboxylic acids is 2. The zero-order valence-electron chi connectivity index (χ0n) is 11.0. The molecule has 0 heterocycles. The maximum atomic E-state index is 11.9. The minimum Gasteiger partial charge on any atom is -0.463 e. The average Bonchev–Trinajstić information content (AvgIpc) is 2.41. The molecule has 0 aliphatic rings. The second-order valence-corrected chi connectivity index (χ2v) is 4.29. The zero-order valence-corrected chi connectivity index (χ0v) is 11.8. The maximum absolute atomic E-state index is 11.9. The highest BCUT2D eigenvalue weighted by molar-refractivity contribution is 6.67. The molecule has 0 aromatic heterocycles. The van der Waals surface area contributed by atoms with Crippen LogP contribution in [0, 0.1) is 0 Å². The summed E-state index contributed by atoms with van der Waals surface area (Å²) in [6, 6.07) is 9.24. The molecule has 1 aromatic rings. The Balaban J connectivity index is 2.86. The van der Waals surface area contributed by atoms with Crippen molar-refractivity contribution in [2.24, 2.45) is 0 Å². The predicted octanol–water partition coefficient (Wildman–Crippen LogP) is 2.68. The van der Waals surface area contributed by atoms with E-state index in [-0.39, 0.29) is 19.6 Å². The Morgan fingerprint density at radius 3 is 2.32 bits per heavy atom. The van der Waals surface area contributed by atoms with E-state index in [1.807, 2.05) is 30.3 Å². The van der Waals surface area contributed by atoms with Crippen LogP contribution < -0.4 is 0 Å². The van der Waals surface area contributed by atoms with E-state index >= 15 is 0 Å². The van der Waals surface area contributed by atoms with Crippen LogP contribution in [0.2, 0.25) is 0 Å². The molecule has 0 aliphatic carbocycles. The summed E-state index contributed by atoms with van der Waals surface area (Å²) in [7, 11) is 0. The van der Waals surface area contributed by atoms with E-state index < -0.39 is 16.8 Å². The molecule has 1 unspecified atom stereocenters. The number of ether oxygens (including phenoxy) is 2. The van der Waals surface area contributed by atoms with E-state index in [0.717, 1.165) is 5.56 Å². The highest BCUT2D eigenvalue weighted by atomic mass is 35.5. The van der Waals surface area contributed by atoms with Crippen LogP contribution in [0.4, 0.5) is 0 Å². The molecule has 4 nitrogen and oxygen atoms in total. The smallest absolute Gasteiger partial charge is 0.347 e. The minimum absolute atomic E-state index is 0.117. The molecular formula is C14H17ClO4.